The number of ketones is 1. The predicted octanol–water partition coefficient (Wildman–Crippen LogP) is 0.237. The van der Waals surface area contributed by atoms with Gasteiger partial charge < -0.3 is 16.8 Å². The van der Waals surface area contributed by atoms with E-state index in [-0.39, 0.29) is 31.1 Å². The number of hydrogen-bond donors (Lipinski definition) is 3. The van der Waals surface area contributed by atoms with Crippen LogP contribution in [0.4, 0.5) is 13.2 Å². The van der Waals surface area contributed by atoms with Crippen LogP contribution >= 0.6 is 0 Å². The molecule has 11 heteroatoms. The van der Waals surface area contributed by atoms with E-state index in [2.05, 4.69) is 10.1 Å². The van der Waals surface area contributed by atoms with Crippen molar-refractivity contribution in [3.63, 3.8) is 0 Å². The highest BCUT2D eigenvalue weighted by Crippen LogP contribution is 2.69. The van der Waals surface area contributed by atoms with Gasteiger partial charge in [0.1, 0.15) is 6.61 Å². The first-order valence-corrected chi connectivity index (χ1v) is 9.53. The number of Topliss-reactive ketones (excluding diaryl/α,β-unsaturated/α-hetero) is 1. The van der Waals surface area contributed by atoms with Crippen LogP contribution in [0.3, 0.4) is 0 Å². The lowest BCUT2D eigenvalue weighted by Gasteiger charge is -2.21. The molecule has 8 nitrogen and oxygen atoms in total. The number of ether oxygens (including phenoxy) is 1. The van der Waals surface area contributed by atoms with Crippen LogP contribution in [0.1, 0.15) is 32.1 Å². The SMILES string of the molecule is NC(=O)C1CC2(CC1C(N)=O)CC2[C@H](C[C@H]1CCNC1=O)C(=O)COC(F)(F)F. The zero-order chi connectivity index (χ0) is 21.6. The second kappa shape index (κ2) is 7.58. The summed E-state index contributed by atoms with van der Waals surface area (Å²) in [5.41, 5.74) is 10.2. The highest BCUT2D eigenvalue weighted by atomic mass is 19.4. The quantitative estimate of drug-likeness (QED) is 0.517. The fourth-order valence-corrected chi connectivity index (χ4v) is 5.22. The lowest BCUT2D eigenvalue weighted by Crippen LogP contribution is -2.34. The van der Waals surface area contributed by atoms with E-state index in [1.165, 1.54) is 0 Å². The Bertz CT molecular complexity index is 704. The van der Waals surface area contributed by atoms with Gasteiger partial charge in [-0.2, -0.15) is 0 Å². The molecule has 1 heterocycles. The summed E-state index contributed by atoms with van der Waals surface area (Å²) in [7, 11) is 0. The van der Waals surface area contributed by atoms with Crippen molar-refractivity contribution in [2.24, 2.45) is 46.5 Å². The number of primary amides is 2. The molecule has 3 aliphatic rings. The van der Waals surface area contributed by atoms with Gasteiger partial charge >= 0.3 is 6.36 Å². The lowest BCUT2D eigenvalue weighted by molar-refractivity contribution is -0.321. The van der Waals surface area contributed by atoms with Crippen molar-refractivity contribution in [3.05, 3.63) is 0 Å². The maximum atomic E-state index is 12.6. The molecule has 3 unspecified atom stereocenters. The van der Waals surface area contributed by atoms with Gasteiger partial charge in [0.25, 0.3) is 0 Å². The third kappa shape index (κ3) is 4.54. The van der Waals surface area contributed by atoms with E-state index in [1.807, 2.05) is 0 Å². The number of nitrogens with one attached hydrogen (secondary N) is 1. The summed E-state index contributed by atoms with van der Waals surface area (Å²) in [6.07, 6.45) is -3.33. The van der Waals surface area contributed by atoms with Gasteiger partial charge in [-0.25, -0.2) is 0 Å². The molecule has 2 saturated carbocycles. The molecule has 0 radical (unpaired) electrons. The Morgan fingerprint density at radius 2 is 1.72 bits per heavy atom. The van der Waals surface area contributed by atoms with Crippen LogP contribution in [0, 0.1) is 35.0 Å². The summed E-state index contributed by atoms with van der Waals surface area (Å²) in [4.78, 5) is 48.0. The molecule has 2 aliphatic carbocycles. The third-order valence-corrected chi connectivity index (χ3v) is 6.70. The van der Waals surface area contributed by atoms with Gasteiger partial charge in [0.05, 0.1) is 0 Å². The van der Waals surface area contributed by atoms with Crippen molar-refractivity contribution >= 4 is 23.5 Å². The minimum Gasteiger partial charge on any atom is -0.369 e. The van der Waals surface area contributed by atoms with Gasteiger partial charge in [-0.15, -0.1) is 13.2 Å². The number of nitrogens with two attached hydrogens (primary N) is 2. The van der Waals surface area contributed by atoms with Crippen LogP contribution in [-0.2, 0) is 23.9 Å². The molecule has 3 rings (SSSR count). The van der Waals surface area contributed by atoms with E-state index in [1.54, 1.807) is 0 Å². The van der Waals surface area contributed by atoms with Crippen LogP contribution in [0.5, 0.6) is 0 Å². The second-order valence-electron chi connectivity index (χ2n) is 8.42. The van der Waals surface area contributed by atoms with Crippen molar-refractivity contribution in [2.45, 2.75) is 38.5 Å². The Balaban J connectivity index is 1.76. The third-order valence-electron chi connectivity index (χ3n) is 6.70. The van der Waals surface area contributed by atoms with E-state index in [9.17, 15) is 32.3 Å². The Hall–Kier alpha value is -2.17. The monoisotopic (exact) mass is 419 g/mol. The van der Waals surface area contributed by atoms with E-state index in [0.717, 1.165) is 0 Å². The summed E-state index contributed by atoms with van der Waals surface area (Å²) in [5, 5.41) is 2.65. The molecular formula is C18H24F3N3O5. The van der Waals surface area contributed by atoms with Crippen molar-refractivity contribution in [2.75, 3.05) is 13.2 Å². The minimum atomic E-state index is -4.94. The highest BCUT2D eigenvalue weighted by Gasteiger charge is 2.65. The molecule has 1 aliphatic heterocycles. The summed E-state index contributed by atoms with van der Waals surface area (Å²) in [6, 6.07) is 0. The lowest BCUT2D eigenvalue weighted by atomic mass is 9.82. The molecule has 0 aromatic carbocycles. The maximum absolute atomic E-state index is 12.6. The summed E-state index contributed by atoms with van der Waals surface area (Å²) in [5.74, 6) is -5.42. The molecule has 0 bridgehead atoms. The van der Waals surface area contributed by atoms with Gasteiger partial charge in [0, 0.05) is 30.2 Å². The number of hydrogen-bond acceptors (Lipinski definition) is 5. The van der Waals surface area contributed by atoms with Crippen LogP contribution in [-0.4, -0.2) is 43.0 Å². The zero-order valence-electron chi connectivity index (χ0n) is 15.7. The molecule has 1 spiro atoms. The fraction of sp³-hybridized carbons (Fsp3) is 0.778. The van der Waals surface area contributed by atoms with Gasteiger partial charge in [-0.1, -0.05) is 0 Å². The van der Waals surface area contributed by atoms with Crippen molar-refractivity contribution in [1.29, 1.82) is 0 Å². The van der Waals surface area contributed by atoms with Crippen LogP contribution in [0.15, 0.2) is 0 Å². The molecule has 0 aromatic rings. The van der Waals surface area contributed by atoms with E-state index < -0.39 is 59.7 Å². The predicted molar refractivity (Wildman–Crippen MR) is 91.4 cm³/mol. The number of carbonyl (C=O) groups excluding carboxylic acids is 4. The molecule has 1 saturated heterocycles. The van der Waals surface area contributed by atoms with Gasteiger partial charge in [0.2, 0.25) is 17.7 Å². The van der Waals surface area contributed by atoms with Crippen LogP contribution < -0.4 is 16.8 Å². The second-order valence-corrected chi connectivity index (χ2v) is 8.42. The molecule has 29 heavy (non-hydrogen) atoms. The Morgan fingerprint density at radius 1 is 1.14 bits per heavy atom. The maximum Gasteiger partial charge on any atom is 0.522 e. The Labute approximate surface area is 164 Å². The fourth-order valence-electron chi connectivity index (χ4n) is 5.22. The van der Waals surface area contributed by atoms with Crippen LogP contribution in [0.25, 0.3) is 0 Å². The smallest absolute Gasteiger partial charge is 0.369 e. The summed E-state index contributed by atoms with van der Waals surface area (Å²) < 4.78 is 40.9. The van der Waals surface area contributed by atoms with E-state index >= 15 is 0 Å². The first kappa shape index (κ1) is 21.5. The molecule has 162 valence electrons. The van der Waals surface area contributed by atoms with Crippen molar-refractivity contribution < 1.29 is 37.1 Å². The molecule has 5 N–H and O–H groups in total. The molecule has 0 aromatic heterocycles. The Kier molecular flexibility index (Phi) is 5.63. The van der Waals surface area contributed by atoms with Crippen molar-refractivity contribution in [3.8, 4) is 0 Å². The first-order chi connectivity index (χ1) is 13.4. The molecule has 3 fully saturated rings. The number of rotatable bonds is 8. The first-order valence-electron chi connectivity index (χ1n) is 9.53. The number of halogens is 3. The van der Waals surface area contributed by atoms with E-state index in [4.69, 9.17) is 11.5 Å². The Morgan fingerprint density at radius 3 is 2.17 bits per heavy atom. The number of carbonyl (C=O) groups is 4. The average Bonchev–Trinajstić information content (AvgIpc) is 2.93. The standard InChI is InChI=1S/C18H24F3N3O5/c19-18(20,21)29-7-13(25)9(3-8-1-2-24-16(8)28)12-6-17(12)4-10(14(22)26)11(5-17)15(23)27/h8-12H,1-7H2,(H2,22,26)(H2,23,27)(H,24,28)/t8-,9+,10?,11?,12?,17?/m1/s1. The largest absolute Gasteiger partial charge is 0.522 e. The normalized spacial score (nSPS) is 34.8. The minimum absolute atomic E-state index is 0.112. The average molecular weight is 419 g/mol. The van der Waals surface area contributed by atoms with Crippen molar-refractivity contribution in [1.82, 2.24) is 5.32 Å². The van der Waals surface area contributed by atoms with E-state index in [0.29, 0.717) is 19.4 Å². The zero-order valence-corrected chi connectivity index (χ0v) is 15.7. The van der Waals surface area contributed by atoms with Gasteiger partial charge in [-0.05, 0) is 43.4 Å². The molecular weight excluding hydrogens is 395 g/mol. The van der Waals surface area contributed by atoms with Gasteiger partial charge in [-0.3, -0.25) is 23.9 Å². The number of alkyl halides is 3. The summed E-state index contributed by atoms with van der Waals surface area (Å²) in [6.45, 7) is -0.680. The van der Waals surface area contributed by atoms with Crippen LogP contribution in [0.2, 0.25) is 0 Å². The summed E-state index contributed by atoms with van der Waals surface area (Å²) >= 11 is 0. The van der Waals surface area contributed by atoms with Gasteiger partial charge in [0.15, 0.2) is 5.78 Å². The molecule has 5 atom stereocenters. The highest BCUT2D eigenvalue weighted by molar-refractivity contribution is 5.88. The number of amides is 3. The molecule has 3 amide bonds. The topological polar surface area (TPSA) is 142 Å².